The van der Waals surface area contributed by atoms with Gasteiger partial charge in [0.15, 0.2) is 5.00 Å². The van der Waals surface area contributed by atoms with Gasteiger partial charge in [0, 0.05) is 6.54 Å². The summed E-state index contributed by atoms with van der Waals surface area (Å²) in [5.41, 5.74) is 2.01. The zero-order chi connectivity index (χ0) is 28.7. The van der Waals surface area contributed by atoms with Gasteiger partial charge in [0.05, 0.1) is 42.6 Å². The number of methoxy groups -OCH3 is 2. The molecule has 9 nitrogen and oxygen atoms in total. The fourth-order valence-corrected chi connectivity index (χ4v) is 4.95. The lowest BCUT2D eigenvalue weighted by atomic mass is 10.1. The summed E-state index contributed by atoms with van der Waals surface area (Å²) < 4.78 is 16.0. The third-order valence-electron chi connectivity index (χ3n) is 6.45. The van der Waals surface area contributed by atoms with Crippen molar-refractivity contribution in [3.05, 3.63) is 82.9 Å². The number of esters is 1. The molecule has 4 rings (SSSR count). The summed E-state index contributed by atoms with van der Waals surface area (Å²) in [7, 11) is 2.80. The summed E-state index contributed by atoms with van der Waals surface area (Å²) in [6.07, 6.45) is 1.41. The van der Waals surface area contributed by atoms with E-state index in [0.29, 0.717) is 52.0 Å². The van der Waals surface area contributed by atoms with Crippen LogP contribution >= 0.6 is 23.2 Å². The topological polar surface area (TPSA) is 106 Å². The number of para-hydroxylation sites is 1. The van der Waals surface area contributed by atoms with E-state index in [1.807, 2.05) is 0 Å². The summed E-state index contributed by atoms with van der Waals surface area (Å²) in [6, 6.07) is 18.1. The van der Waals surface area contributed by atoms with E-state index in [2.05, 4.69) is 10.6 Å². The lowest BCUT2D eigenvalue weighted by molar-refractivity contribution is -0.133. The number of amides is 3. The Kier molecular flexibility index (Phi) is 9.39. The van der Waals surface area contributed by atoms with Crippen LogP contribution in [0.2, 0.25) is 5.02 Å². The number of ether oxygens (including phenoxy) is 3. The number of benzene rings is 3. The molecule has 0 bridgehead atoms. The number of urea groups is 1. The molecule has 40 heavy (non-hydrogen) atoms. The zero-order valence-corrected chi connectivity index (χ0v) is 23.6. The van der Waals surface area contributed by atoms with Crippen molar-refractivity contribution in [1.82, 2.24) is 4.90 Å². The minimum atomic E-state index is -1.000. The molecule has 3 aromatic carbocycles. The molecule has 1 saturated heterocycles. The van der Waals surface area contributed by atoms with Gasteiger partial charge in [-0.15, -0.1) is 0 Å². The van der Waals surface area contributed by atoms with Crippen molar-refractivity contribution in [2.45, 2.75) is 24.3 Å². The second-order valence-corrected chi connectivity index (χ2v) is 10.3. The number of nitrogens with one attached hydrogen (secondary N) is 2. The van der Waals surface area contributed by atoms with E-state index >= 15 is 0 Å². The molecule has 0 saturated carbocycles. The van der Waals surface area contributed by atoms with Crippen molar-refractivity contribution in [2.24, 2.45) is 0 Å². The normalized spacial score (nSPS) is 16.2. The smallest absolute Gasteiger partial charge is 0.337 e. The van der Waals surface area contributed by atoms with E-state index < -0.39 is 17.0 Å². The van der Waals surface area contributed by atoms with E-state index in [0.717, 1.165) is 6.42 Å². The van der Waals surface area contributed by atoms with Crippen LogP contribution in [-0.2, 0) is 16.0 Å². The van der Waals surface area contributed by atoms with Gasteiger partial charge >= 0.3 is 12.0 Å². The van der Waals surface area contributed by atoms with Gasteiger partial charge < -0.3 is 29.7 Å². The Labute approximate surface area is 242 Å². The third-order valence-corrected chi connectivity index (χ3v) is 7.29. The SMILES string of the molecule is COC(=O)c1ccc(OC[C@@]2(Cl)CCCN2C(=O)Cc2ccc(NC(=O)Nc3ccccc3Cl)c(OC)c2)cc1. The molecule has 3 aromatic rings. The number of likely N-dealkylation sites (tertiary alicyclic amines) is 1. The van der Waals surface area contributed by atoms with Crippen LogP contribution in [-0.4, -0.2) is 55.2 Å². The first-order valence-electron chi connectivity index (χ1n) is 12.5. The van der Waals surface area contributed by atoms with Crippen LogP contribution in [0.4, 0.5) is 16.2 Å². The first-order chi connectivity index (χ1) is 19.2. The maximum Gasteiger partial charge on any atom is 0.337 e. The number of rotatable bonds is 9. The Bertz CT molecular complexity index is 1380. The molecule has 0 aromatic heterocycles. The Hall–Kier alpha value is -3.95. The lowest BCUT2D eigenvalue weighted by Crippen LogP contribution is -2.47. The Morgan fingerprint density at radius 3 is 2.40 bits per heavy atom. The summed E-state index contributed by atoms with van der Waals surface area (Å²) >= 11 is 13.0. The predicted molar refractivity (Wildman–Crippen MR) is 154 cm³/mol. The Balaban J connectivity index is 1.37. The standard InChI is InChI=1S/C29H29Cl2N3O6/c1-38-25-16-19(8-13-24(25)33-28(37)32-23-7-4-3-6-22(23)30)17-26(35)34-15-5-14-29(34,31)18-40-21-11-9-20(10-12-21)27(36)39-2/h3-4,6-13,16H,5,14-15,17-18H2,1-2H3,(H2,32,33,37)/t29-/m1/s1. The van der Waals surface area contributed by atoms with Gasteiger partial charge in [-0.2, -0.15) is 0 Å². The maximum atomic E-state index is 13.3. The van der Waals surface area contributed by atoms with Crippen LogP contribution in [0.25, 0.3) is 0 Å². The average molecular weight is 586 g/mol. The molecule has 210 valence electrons. The second-order valence-electron chi connectivity index (χ2n) is 9.14. The van der Waals surface area contributed by atoms with E-state index in [1.165, 1.54) is 14.2 Å². The second kappa shape index (κ2) is 12.9. The molecule has 0 aliphatic carbocycles. The first kappa shape index (κ1) is 29.0. The van der Waals surface area contributed by atoms with Gasteiger partial charge in [0.1, 0.15) is 18.1 Å². The molecule has 1 atom stereocenters. The minimum absolute atomic E-state index is 0.0879. The van der Waals surface area contributed by atoms with Crippen molar-refractivity contribution in [3.63, 3.8) is 0 Å². The molecule has 11 heteroatoms. The number of carbonyl (C=O) groups is 3. The fourth-order valence-electron chi connectivity index (χ4n) is 4.40. The van der Waals surface area contributed by atoms with Crippen LogP contribution in [0.5, 0.6) is 11.5 Å². The first-order valence-corrected chi connectivity index (χ1v) is 13.3. The number of carbonyl (C=O) groups excluding carboxylic acids is 3. The molecular weight excluding hydrogens is 557 g/mol. The van der Waals surface area contributed by atoms with Crippen LogP contribution in [0.1, 0.15) is 28.8 Å². The zero-order valence-electron chi connectivity index (χ0n) is 22.0. The van der Waals surface area contributed by atoms with Crippen molar-refractivity contribution in [2.75, 3.05) is 38.0 Å². The third kappa shape index (κ3) is 6.97. The van der Waals surface area contributed by atoms with Crippen LogP contribution in [0, 0.1) is 0 Å². The predicted octanol–water partition coefficient (Wildman–Crippen LogP) is 5.96. The van der Waals surface area contributed by atoms with Gasteiger partial charge in [-0.25, -0.2) is 9.59 Å². The number of alkyl halides is 1. The largest absolute Gasteiger partial charge is 0.495 e. The molecule has 1 heterocycles. The van der Waals surface area contributed by atoms with E-state index in [1.54, 1.807) is 71.6 Å². The summed E-state index contributed by atoms with van der Waals surface area (Å²) in [5.74, 6) is 0.334. The average Bonchev–Trinajstić information content (AvgIpc) is 3.35. The van der Waals surface area contributed by atoms with Crippen molar-refractivity contribution in [3.8, 4) is 11.5 Å². The van der Waals surface area contributed by atoms with Gasteiger partial charge in [-0.1, -0.05) is 41.4 Å². The molecule has 1 fully saturated rings. The molecule has 0 radical (unpaired) electrons. The van der Waals surface area contributed by atoms with Crippen LogP contribution in [0.3, 0.4) is 0 Å². The maximum absolute atomic E-state index is 13.3. The van der Waals surface area contributed by atoms with Gasteiger partial charge in [-0.05, 0) is 66.9 Å². The molecule has 1 aliphatic rings. The quantitative estimate of drug-likeness (QED) is 0.182. The number of hydrogen-bond acceptors (Lipinski definition) is 6. The number of hydrogen-bond donors (Lipinski definition) is 2. The summed E-state index contributed by atoms with van der Waals surface area (Å²) in [6.45, 7) is 0.594. The lowest BCUT2D eigenvalue weighted by Gasteiger charge is -2.33. The highest BCUT2D eigenvalue weighted by molar-refractivity contribution is 6.33. The Morgan fingerprint density at radius 1 is 0.975 bits per heavy atom. The van der Waals surface area contributed by atoms with Crippen LogP contribution < -0.4 is 20.1 Å². The molecular formula is C29H29Cl2N3O6. The highest BCUT2D eigenvalue weighted by Crippen LogP contribution is 2.35. The molecule has 1 aliphatic heterocycles. The number of anilines is 2. The van der Waals surface area contributed by atoms with E-state index in [4.69, 9.17) is 37.4 Å². The molecule has 3 amide bonds. The molecule has 0 unspecified atom stereocenters. The highest BCUT2D eigenvalue weighted by Gasteiger charge is 2.42. The molecule has 2 N–H and O–H groups in total. The summed E-state index contributed by atoms with van der Waals surface area (Å²) in [4.78, 5) is 38.0. The van der Waals surface area contributed by atoms with E-state index in [-0.39, 0.29) is 18.9 Å². The Morgan fingerprint density at radius 2 is 1.70 bits per heavy atom. The van der Waals surface area contributed by atoms with Crippen molar-refractivity contribution in [1.29, 1.82) is 0 Å². The van der Waals surface area contributed by atoms with Crippen LogP contribution in [0.15, 0.2) is 66.7 Å². The van der Waals surface area contributed by atoms with Crippen molar-refractivity contribution < 1.29 is 28.6 Å². The number of halogens is 2. The minimum Gasteiger partial charge on any atom is -0.495 e. The highest BCUT2D eigenvalue weighted by atomic mass is 35.5. The monoisotopic (exact) mass is 585 g/mol. The molecule has 0 spiro atoms. The van der Waals surface area contributed by atoms with Crippen molar-refractivity contribution >= 4 is 52.5 Å². The van der Waals surface area contributed by atoms with Gasteiger partial charge in [0.2, 0.25) is 5.91 Å². The number of nitrogens with zero attached hydrogens (tertiary/aromatic N) is 1. The van der Waals surface area contributed by atoms with E-state index in [9.17, 15) is 14.4 Å². The summed E-state index contributed by atoms with van der Waals surface area (Å²) in [5, 5.41) is 5.84. The fraction of sp³-hybridized carbons (Fsp3) is 0.276. The van der Waals surface area contributed by atoms with Gasteiger partial charge in [0.25, 0.3) is 0 Å². The van der Waals surface area contributed by atoms with Gasteiger partial charge in [-0.3, -0.25) is 4.79 Å².